The molecule has 6 nitrogen and oxygen atoms in total. The lowest BCUT2D eigenvalue weighted by Gasteiger charge is -2.27. The van der Waals surface area contributed by atoms with Gasteiger partial charge < -0.3 is 15.7 Å². The molecule has 0 unspecified atom stereocenters. The zero-order valence-corrected chi connectivity index (χ0v) is 18.3. The summed E-state index contributed by atoms with van der Waals surface area (Å²) < 4.78 is 0. The third-order valence-corrected chi connectivity index (χ3v) is 7.56. The smallest absolute Gasteiger partial charge is 0.307 e. The fourth-order valence-electron chi connectivity index (χ4n) is 4.71. The number of rotatable bonds is 6. The van der Waals surface area contributed by atoms with Crippen molar-refractivity contribution >= 4 is 34.1 Å². The number of benzene rings is 1. The molecule has 0 aliphatic heterocycles. The predicted octanol–water partition coefficient (Wildman–Crippen LogP) is 4.39. The van der Waals surface area contributed by atoms with E-state index in [9.17, 15) is 19.5 Å². The fourth-order valence-corrected chi connectivity index (χ4v) is 6.00. The second-order valence-electron chi connectivity index (χ2n) is 8.41. The van der Waals surface area contributed by atoms with E-state index in [4.69, 9.17) is 0 Å². The molecule has 0 bridgehead atoms. The van der Waals surface area contributed by atoms with Crippen molar-refractivity contribution in [2.75, 3.05) is 5.32 Å². The third kappa shape index (κ3) is 4.82. The number of hydrogen-bond donors (Lipinski definition) is 3. The average molecular weight is 441 g/mol. The zero-order valence-electron chi connectivity index (χ0n) is 17.5. The lowest BCUT2D eigenvalue weighted by molar-refractivity contribution is -0.147. The summed E-state index contributed by atoms with van der Waals surface area (Å²) in [5, 5.41) is 16.1. The summed E-state index contributed by atoms with van der Waals surface area (Å²) in [5.41, 5.74) is 2.61. The Balaban J connectivity index is 1.55. The summed E-state index contributed by atoms with van der Waals surface area (Å²) >= 11 is 1.47. The maximum Gasteiger partial charge on any atom is 0.307 e. The molecule has 2 aromatic rings. The summed E-state index contributed by atoms with van der Waals surface area (Å²) in [6.07, 6.45) is 6.64. The molecule has 164 valence electrons. The first-order valence-corrected chi connectivity index (χ1v) is 11.9. The first-order valence-electron chi connectivity index (χ1n) is 11.0. The van der Waals surface area contributed by atoms with E-state index in [0.717, 1.165) is 54.5 Å². The largest absolute Gasteiger partial charge is 0.481 e. The average Bonchev–Trinajstić information content (AvgIpc) is 3.16. The molecule has 2 aliphatic carbocycles. The number of carbonyl (C=O) groups is 3. The molecule has 1 aromatic carbocycles. The normalized spacial score (nSPS) is 20.5. The Labute approximate surface area is 186 Å². The number of nitrogens with one attached hydrogen (secondary N) is 2. The van der Waals surface area contributed by atoms with Crippen LogP contribution in [0.2, 0.25) is 0 Å². The van der Waals surface area contributed by atoms with E-state index in [1.807, 2.05) is 30.3 Å². The van der Waals surface area contributed by atoms with Crippen LogP contribution in [0.3, 0.4) is 0 Å². The van der Waals surface area contributed by atoms with Crippen LogP contribution >= 0.6 is 11.3 Å². The molecule has 0 spiro atoms. The minimum atomic E-state index is -0.911. The molecular weight excluding hydrogens is 412 g/mol. The molecule has 1 aromatic heterocycles. The van der Waals surface area contributed by atoms with Gasteiger partial charge in [-0.1, -0.05) is 43.2 Å². The van der Waals surface area contributed by atoms with Crippen LogP contribution in [-0.2, 0) is 29.0 Å². The van der Waals surface area contributed by atoms with Gasteiger partial charge in [0.15, 0.2) is 0 Å². The second kappa shape index (κ2) is 9.64. The molecule has 1 heterocycles. The lowest BCUT2D eigenvalue weighted by atomic mass is 9.78. The second-order valence-corrected chi connectivity index (χ2v) is 9.51. The lowest BCUT2D eigenvalue weighted by Crippen LogP contribution is -2.36. The van der Waals surface area contributed by atoms with Crippen LogP contribution in [0.1, 0.15) is 64.9 Å². The zero-order chi connectivity index (χ0) is 21.8. The first-order chi connectivity index (χ1) is 15.0. The number of carboxylic acid groups (broad SMARTS) is 1. The van der Waals surface area contributed by atoms with Crippen molar-refractivity contribution < 1.29 is 19.5 Å². The van der Waals surface area contributed by atoms with Crippen LogP contribution in [-0.4, -0.2) is 22.9 Å². The highest BCUT2D eigenvalue weighted by molar-refractivity contribution is 7.17. The first kappa shape index (κ1) is 21.6. The number of anilines is 1. The monoisotopic (exact) mass is 440 g/mol. The van der Waals surface area contributed by atoms with Gasteiger partial charge in [-0.3, -0.25) is 14.4 Å². The molecule has 31 heavy (non-hydrogen) atoms. The Morgan fingerprint density at radius 1 is 0.968 bits per heavy atom. The maximum atomic E-state index is 13.2. The third-order valence-electron chi connectivity index (χ3n) is 6.35. The highest BCUT2D eigenvalue weighted by Crippen LogP contribution is 2.39. The van der Waals surface area contributed by atoms with Crippen molar-refractivity contribution in [1.82, 2.24) is 5.32 Å². The summed E-state index contributed by atoms with van der Waals surface area (Å²) in [7, 11) is 0. The molecule has 2 amide bonds. The number of thiophene rings is 1. The van der Waals surface area contributed by atoms with E-state index in [1.54, 1.807) is 0 Å². The Morgan fingerprint density at radius 2 is 1.68 bits per heavy atom. The molecule has 1 fully saturated rings. The molecular formula is C24H28N2O4S. The van der Waals surface area contributed by atoms with Gasteiger partial charge in [-0.25, -0.2) is 0 Å². The SMILES string of the molecule is O=C(NCc1ccccc1)c1c(NC(=O)[C@@H]2CCCC[C@H]2C(=O)O)sc2c1CCCC2. The Kier molecular flexibility index (Phi) is 6.70. The Hall–Kier alpha value is -2.67. The van der Waals surface area contributed by atoms with Gasteiger partial charge in [0.25, 0.3) is 5.91 Å². The van der Waals surface area contributed by atoms with Crippen molar-refractivity contribution in [3.05, 3.63) is 51.9 Å². The summed E-state index contributed by atoms with van der Waals surface area (Å²) in [6, 6.07) is 9.72. The predicted molar refractivity (Wildman–Crippen MR) is 120 cm³/mol. The number of fused-ring (bicyclic) bond motifs is 1. The molecule has 2 aliphatic rings. The summed E-state index contributed by atoms with van der Waals surface area (Å²) in [6.45, 7) is 0.418. The van der Waals surface area contributed by atoms with Crippen molar-refractivity contribution in [3.63, 3.8) is 0 Å². The quantitative estimate of drug-likeness (QED) is 0.621. The number of carbonyl (C=O) groups excluding carboxylic acids is 2. The molecule has 2 atom stereocenters. The summed E-state index contributed by atoms with van der Waals surface area (Å²) in [4.78, 5) is 39.0. The maximum absolute atomic E-state index is 13.2. The molecule has 7 heteroatoms. The van der Waals surface area contributed by atoms with Gasteiger partial charge in [0, 0.05) is 11.4 Å². The van der Waals surface area contributed by atoms with Crippen LogP contribution in [0.15, 0.2) is 30.3 Å². The fraction of sp³-hybridized carbons (Fsp3) is 0.458. The molecule has 1 saturated carbocycles. The number of hydrogen-bond acceptors (Lipinski definition) is 4. The van der Waals surface area contributed by atoms with E-state index >= 15 is 0 Å². The van der Waals surface area contributed by atoms with E-state index in [-0.39, 0.29) is 11.8 Å². The van der Waals surface area contributed by atoms with E-state index in [0.29, 0.717) is 30.0 Å². The summed E-state index contributed by atoms with van der Waals surface area (Å²) in [5.74, 6) is -2.57. The highest BCUT2D eigenvalue weighted by Gasteiger charge is 2.37. The topological polar surface area (TPSA) is 95.5 Å². The van der Waals surface area contributed by atoms with Crippen LogP contribution in [0.4, 0.5) is 5.00 Å². The van der Waals surface area contributed by atoms with Crippen LogP contribution in [0.5, 0.6) is 0 Å². The van der Waals surface area contributed by atoms with Gasteiger partial charge in [0.05, 0.1) is 17.4 Å². The van der Waals surface area contributed by atoms with Gasteiger partial charge in [0.1, 0.15) is 5.00 Å². The molecule has 0 saturated heterocycles. The van der Waals surface area contributed by atoms with E-state index in [2.05, 4.69) is 10.6 Å². The standard InChI is InChI=1S/C24H28N2O4S/c27-21(16-10-4-5-11-17(16)24(29)30)26-23-20(18-12-6-7-13-19(18)31-23)22(28)25-14-15-8-2-1-3-9-15/h1-3,8-9,16-17H,4-7,10-14H2,(H,25,28)(H,26,27)(H,29,30)/t16-,17-/m1/s1. The minimum Gasteiger partial charge on any atom is -0.481 e. The van der Waals surface area contributed by atoms with Gasteiger partial charge in [-0.15, -0.1) is 11.3 Å². The van der Waals surface area contributed by atoms with Gasteiger partial charge in [0.2, 0.25) is 5.91 Å². The number of carboxylic acids is 1. The molecule has 4 rings (SSSR count). The van der Waals surface area contributed by atoms with E-state index in [1.165, 1.54) is 11.3 Å². The van der Waals surface area contributed by atoms with E-state index < -0.39 is 17.8 Å². The number of aryl methyl sites for hydroxylation is 1. The van der Waals surface area contributed by atoms with Gasteiger partial charge in [-0.05, 0) is 49.7 Å². The van der Waals surface area contributed by atoms with Crippen LogP contribution in [0, 0.1) is 11.8 Å². The highest BCUT2D eigenvalue weighted by atomic mass is 32.1. The molecule has 0 radical (unpaired) electrons. The Bertz CT molecular complexity index is 969. The number of amides is 2. The van der Waals surface area contributed by atoms with Crippen molar-refractivity contribution in [1.29, 1.82) is 0 Å². The van der Waals surface area contributed by atoms with Crippen LogP contribution < -0.4 is 10.6 Å². The minimum absolute atomic E-state index is 0.183. The van der Waals surface area contributed by atoms with Crippen molar-refractivity contribution in [2.24, 2.45) is 11.8 Å². The molecule has 3 N–H and O–H groups in total. The van der Waals surface area contributed by atoms with Crippen molar-refractivity contribution in [3.8, 4) is 0 Å². The van der Waals surface area contributed by atoms with Crippen molar-refractivity contribution in [2.45, 2.75) is 57.9 Å². The van der Waals surface area contributed by atoms with Crippen LogP contribution in [0.25, 0.3) is 0 Å². The van der Waals surface area contributed by atoms with Gasteiger partial charge in [-0.2, -0.15) is 0 Å². The van der Waals surface area contributed by atoms with Gasteiger partial charge >= 0.3 is 5.97 Å². The Morgan fingerprint density at radius 3 is 2.42 bits per heavy atom. The number of aliphatic carboxylic acids is 1.